The van der Waals surface area contributed by atoms with Gasteiger partial charge >= 0.3 is 0 Å². The molecule has 1 N–H and O–H groups in total. The molecule has 1 atom stereocenters. The highest BCUT2D eigenvalue weighted by atomic mass is 35.5. The number of rotatable bonds is 7. The van der Waals surface area contributed by atoms with Crippen LogP contribution in [0.4, 0.5) is 0 Å². The van der Waals surface area contributed by atoms with Gasteiger partial charge in [-0.3, -0.25) is 0 Å². The molecule has 1 aliphatic rings. The van der Waals surface area contributed by atoms with Crippen LogP contribution in [0.2, 0.25) is 5.02 Å². The topological polar surface area (TPSA) is 21.3 Å². The average molecular weight is 296 g/mol. The summed E-state index contributed by atoms with van der Waals surface area (Å²) in [4.78, 5) is 0. The van der Waals surface area contributed by atoms with E-state index in [0.717, 1.165) is 24.5 Å². The molecule has 1 aliphatic carbocycles. The molecule has 0 heterocycles. The van der Waals surface area contributed by atoms with Gasteiger partial charge in [0.05, 0.1) is 12.2 Å². The Morgan fingerprint density at radius 3 is 2.80 bits per heavy atom. The lowest BCUT2D eigenvalue weighted by Crippen LogP contribution is -2.28. The molecule has 1 aromatic rings. The van der Waals surface area contributed by atoms with E-state index in [9.17, 15) is 0 Å². The first kappa shape index (κ1) is 15.8. The Morgan fingerprint density at radius 1 is 1.30 bits per heavy atom. The number of hydrogen-bond acceptors (Lipinski definition) is 2. The molecule has 0 aliphatic heterocycles. The summed E-state index contributed by atoms with van der Waals surface area (Å²) >= 11 is 6.12. The van der Waals surface area contributed by atoms with Gasteiger partial charge in [-0.15, -0.1) is 0 Å². The molecule has 20 heavy (non-hydrogen) atoms. The third-order valence-corrected chi connectivity index (χ3v) is 4.12. The van der Waals surface area contributed by atoms with Gasteiger partial charge in [0.1, 0.15) is 0 Å². The molecular weight excluding hydrogens is 270 g/mol. The van der Waals surface area contributed by atoms with Crippen LogP contribution < -0.4 is 5.32 Å². The molecule has 1 fully saturated rings. The highest BCUT2D eigenvalue weighted by molar-refractivity contribution is 6.30. The lowest BCUT2D eigenvalue weighted by Gasteiger charge is -2.28. The molecule has 1 aromatic carbocycles. The molecule has 1 saturated carbocycles. The van der Waals surface area contributed by atoms with Crippen LogP contribution in [0.25, 0.3) is 0 Å². The third-order valence-electron chi connectivity index (χ3n) is 3.89. The lowest BCUT2D eigenvalue weighted by molar-refractivity contribution is -0.0305. The summed E-state index contributed by atoms with van der Waals surface area (Å²) in [5.41, 5.74) is 1.19. The van der Waals surface area contributed by atoms with Crippen LogP contribution in [0.5, 0.6) is 0 Å². The van der Waals surface area contributed by atoms with Crippen molar-refractivity contribution < 1.29 is 4.74 Å². The minimum atomic E-state index is 0.114. The maximum absolute atomic E-state index is 6.36. The maximum Gasteiger partial charge on any atom is 0.0953 e. The monoisotopic (exact) mass is 295 g/mol. The van der Waals surface area contributed by atoms with Crippen LogP contribution in [0.1, 0.15) is 57.1 Å². The molecule has 3 heteroatoms. The Balaban J connectivity index is 1.99. The van der Waals surface area contributed by atoms with Gasteiger partial charge in [0.15, 0.2) is 0 Å². The predicted molar refractivity (Wildman–Crippen MR) is 85.3 cm³/mol. The molecule has 0 spiro atoms. The molecule has 0 saturated heterocycles. The Kier molecular flexibility index (Phi) is 6.85. The Morgan fingerprint density at radius 2 is 2.10 bits per heavy atom. The van der Waals surface area contributed by atoms with Gasteiger partial charge in [-0.2, -0.15) is 0 Å². The summed E-state index contributed by atoms with van der Waals surface area (Å²) < 4.78 is 6.36. The van der Waals surface area contributed by atoms with Crippen LogP contribution >= 0.6 is 11.6 Å². The summed E-state index contributed by atoms with van der Waals surface area (Å²) in [7, 11) is 0. The van der Waals surface area contributed by atoms with Crippen molar-refractivity contribution in [2.24, 2.45) is 0 Å². The van der Waals surface area contributed by atoms with E-state index in [1.807, 2.05) is 18.2 Å². The van der Waals surface area contributed by atoms with E-state index in [0.29, 0.717) is 6.10 Å². The van der Waals surface area contributed by atoms with E-state index >= 15 is 0 Å². The zero-order valence-electron chi connectivity index (χ0n) is 12.4. The van der Waals surface area contributed by atoms with Crippen molar-refractivity contribution in [2.45, 2.75) is 57.7 Å². The molecule has 1 unspecified atom stereocenters. The molecule has 0 amide bonds. The van der Waals surface area contributed by atoms with Gasteiger partial charge in [-0.25, -0.2) is 0 Å². The summed E-state index contributed by atoms with van der Waals surface area (Å²) in [5.74, 6) is 0. The fourth-order valence-corrected chi connectivity index (χ4v) is 2.99. The number of benzene rings is 1. The minimum Gasteiger partial charge on any atom is -0.369 e. The first-order valence-corrected chi connectivity index (χ1v) is 8.29. The van der Waals surface area contributed by atoms with Crippen LogP contribution in [0.3, 0.4) is 0 Å². The van der Waals surface area contributed by atoms with Crippen LogP contribution in [-0.4, -0.2) is 19.2 Å². The van der Waals surface area contributed by atoms with E-state index in [2.05, 4.69) is 18.3 Å². The van der Waals surface area contributed by atoms with E-state index in [4.69, 9.17) is 16.3 Å². The number of halogens is 1. The SMILES string of the molecule is CCCNCC(OC1CCCCC1)c1cccc(Cl)c1. The second kappa shape index (κ2) is 8.66. The lowest BCUT2D eigenvalue weighted by atomic mass is 9.97. The van der Waals surface area contributed by atoms with Crippen LogP contribution in [0, 0.1) is 0 Å². The summed E-state index contributed by atoms with van der Waals surface area (Å²) in [6.07, 6.45) is 8.03. The first-order valence-electron chi connectivity index (χ1n) is 7.91. The van der Waals surface area contributed by atoms with Crippen molar-refractivity contribution in [1.29, 1.82) is 0 Å². The maximum atomic E-state index is 6.36. The van der Waals surface area contributed by atoms with Crippen molar-refractivity contribution in [1.82, 2.24) is 5.32 Å². The standard InChI is InChI=1S/C17H26ClNO/c1-2-11-19-13-17(14-7-6-8-15(18)12-14)20-16-9-4-3-5-10-16/h6-8,12,16-17,19H,2-5,9-11,13H2,1H3. The molecule has 0 bridgehead atoms. The van der Waals surface area contributed by atoms with E-state index in [-0.39, 0.29) is 6.10 Å². The largest absolute Gasteiger partial charge is 0.369 e. The van der Waals surface area contributed by atoms with E-state index in [1.54, 1.807) is 0 Å². The number of hydrogen-bond donors (Lipinski definition) is 1. The molecule has 2 nitrogen and oxygen atoms in total. The fraction of sp³-hybridized carbons (Fsp3) is 0.647. The molecule has 2 rings (SSSR count). The smallest absolute Gasteiger partial charge is 0.0953 e. The predicted octanol–water partition coefficient (Wildman–Crippen LogP) is 4.73. The van der Waals surface area contributed by atoms with Gasteiger partial charge < -0.3 is 10.1 Å². The zero-order chi connectivity index (χ0) is 14.2. The van der Waals surface area contributed by atoms with Crippen molar-refractivity contribution >= 4 is 11.6 Å². The van der Waals surface area contributed by atoms with Crippen molar-refractivity contribution in [3.63, 3.8) is 0 Å². The molecule has 0 aromatic heterocycles. The van der Waals surface area contributed by atoms with Gasteiger partial charge in [-0.1, -0.05) is 49.9 Å². The normalized spacial score (nSPS) is 18.1. The molecule has 0 radical (unpaired) electrons. The Bertz CT molecular complexity index is 390. The highest BCUT2D eigenvalue weighted by Gasteiger charge is 2.20. The fourth-order valence-electron chi connectivity index (χ4n) is 2.79. The Hall–Kier alpha value is -0.570. The van der Waals surface area contributed by atoms with Gasteiger partial charge in [0.2, 0.25) is 0 Å². The quantitative estimate of drug-likeness (QED) is 0.734. The van der Waals surface area contributed by atoms with E-state index < -0.39 is 0 Å². The van der Waals surface area contributed by atoms with E-state index in [1.165, 1.54) is 37.7 Å². The first-order chi connectivity index (χ1) is 9.79. The third kappa shape index (κ3) is 5.08. The average Bonchev–Trinajstić information content (AvgIpc) is 2.47. The van der Waals surface area contributed by atoms with Gasteiger partial charge in [-0.05, 0) is 43.5 Å². The summed E-state index contributed by atoms with van der Waals surface area (Å²) in [6, 6.07) is 8.08. The second-order valence-corrected chi connectivity index (χ2v) is 6.08. The van der Waals surface area contributed by atoms with Gasteiger partial charge in [0, 0.05) is 11.6 Å². The molecular formula is C17H26ClNO. The second-order valence-electron chi connectivity index (χ2n) is 5.64. The summed E-state index contributed by atoms with van der Waals surface area (Å²) in [6.45, 7) is 4.08. The highest BCUT2D eigenvalue weighted by Crippen LogP contribution is 2.27. The Labute approximate surface area is 127 Å². The van der Waals surface area contributed by atoms with Crippen molar-refractivity contribution in [3.8, 4) is 0 Å². The van der Waals surface area contributed by atoms with Crippen LogP contribution in [0.15, 0.2) is 24.3 Å². The number of nitrogens with one attached hydrogen (secondary N) is 1. The summed E-state index contributed by atoms with van der Waals surface area (Å²) in [5, 5.41) is 4.26. The van der Waals surface area contributed by atoms with Crippen molar-refractivity contribution in [3.05, 3.63) is 34.9 Å². The zero-order valence-corrected chi connectivity index (χ0v) is 13.2. The van der Waals surface area contributed by atoms with Gasteiger partial charge in [0.25, 0.3) is 0 Å². The number of ether oxygens (including phenoxy) is 1. The van der Waals surface area contributed by atoms with Crippen LogP contribution in [-0.2, 0) is 4.74 Å². The van der Waals surface area contributed by atoms with Crippen molar-refractivity contribution in [2.75, 3.05) is 13.1 Å². The minimum absolute atomic E-state index is 0.114. The molecule has 112 valence electrons.